The third-order valence-electron chi connectivity index (χ3n) is 4.24. The molecule has 1 saturated heterocycles. The predicted octanol–water partition coefficient (Wildman–Crippen LogP) is 1.32. The van der Waals surface area contributed by atoms with Gasteiger partial charge >= 0.3 is 5.97 Å². The molecule has 0 aromatic heterocycles. The standard InChI is InChI=1S/C13H21NO4/c1-13(12(16)17)7-4-6-10(13)14-11(15)9-5-2-3-8-18-9/h9-10H,2-8H2,1H3,(H,14,15)(H,16,17). The summed E-state index contributed by atoms with van der Waals surface area (Å²) in [5.74, 6) is -0.969. The van der Waals surface area contributed by atoms with Crippen LogP contribution in [0.25, 0.3) is 0 Å². The van der Waals surface area contributed by atoms with Crippen molar-refractivity contribution in [3.63, 3.8) is 0 Å². The highest BCUT2D eigenvalue weighted by Crippen LogP contribution is 2.38. The molecule has 5 heteroatoms. The van der Waals surface area contributed by atoms with Gasteiger partial charge in [0.05, 0.1) is 5.41 Å². The van der Waals surface area contributed by atoms with Crippen LogP contribution in [-0.2, 0) is 14.3 Å². The summed E-state index contributed by atoms with van der Waals surface area (Å²) < 4.78 is 5.42. The second-order valence-electron chi connectivity index (χ2n) is 5.53. The number of carboxylic acid groups (broad SMARTS) is 1. The number of carboxylic acids is 1. The highest BCUT2D eigenvalue weighted by Gasteiger charge is 2.46. The van der Waals surface area contributed by atoms with Crippen LogP contribution in [0.15, 0.2) is 0 Å². The average Bonchev–Trinajstić information content (AvgIpc) is 2.73. The molecule has 0 spiro atoms. The van der Waals surface area contributed by atoms with E-state index in [9.17, 15) is 14.7 Å². The molecule has 1 aliphatic heterocycles. The number of ether oxygens (including phenoxy) is 1. The van der Waals surface area contributed by atoms with E-state index in [1.165, 1.54) is 0 Å². The Morgan fingerprint density at radius 2 is 2.06 bits per heavy atom. The van der Waals surface area contributed by atoms with Crippen molar-refractivity contribution < 1.29 is 19.4 Å². The maximum atomic E-state index is 12.0. The summed E-state index contributed by atoms with van der Waals surface area (Å²) in [4.78, 5) is 23.3. The highest BCUT2D eigenvalue weighted by atomic mass is 16.5. The lowest BCUT2D eigenvalue weighted by atomic mass is 9.84. The van der Waals surface area contributed by atoms with E-state index in [0.29, 0.717) is 13.0 Å². The zero-order valence-corrected chi connectivity index (χ0v) is 10.8. The number of carbonyl (C=O) groups is 2. The minimum absolute atomic E-state index is 0.144. The molecule has 2 rings (SSSR count). The molecular formula is C13H21NO4. The molecule has 1 saturated carbocycles. The lowest BCUT2D eigenvalue weighted by Crippen LogP contribution is -2.50. The lowest BCUT2D eigenvalue weighted by Gasteiger charge is -2.30. The van der Waals surface area contributed by atoms with Gasteiger partial charge in [-0.05, 0) is 39.0 Å². The topological polar surface area (TPSA) is 75.6 Å². The lowest BCUT2D eigenvalue weighted by molar-refractivity contribution is -0.150. The quantitative estimate of drug-likeness (QED) is 0.797. The van der Waals surface area contributed by atoms with E-state index in [4.69, 9.17) is 4.74 Å². The maximum absolute atomic E-state index is 12.0. The Labute approximate surface area is 107 Å². The molecule has 2 N–H and O–H groups in total. The summed E-state index contributed by atoms with van der Waals surface area (Å²) in [6.45, 7) is 2.34. The van der Waals surface area contributed by atoms with Gasteiger partial charge in [0.2, 0.25) is 5.91 Å². The molecule has 1 heterocycles. The molecule has 102 valence electrons. The van der Waals surface area contributed by atoms with Gasteiger partial charge in [-0.15, -0.1) is 0 Å². The number of aliphatic carboxylic acids is 1. The van der Waals surface area contributed by atoms with E-state index < -0.39 is 17.5 Å². The normalized spacial score (nSPS) is 36.3. The van der Waals surface area contributed by atoms with Gasteiger partial charge in [-0.2, -0.15) is 0 Å². The summed E-state index contributed by atoms with van der Waals surface area (Å²) >= 11 is 0. The average molecular weight is 255 g/mol. The molecule has 3 atom stereocenters. The Morgan fingerprint density at radius 3 is 2.67 bits per heavy atom. The van der Waals surface area contributed by atoms with Gasteiger partial charge in [0, 0.05) is 12.6 Å². The summed E-state index contributed by atoms with van der Waals surface area (Å²) in [5.41, 5.74) is -0.829. The molecule has 0 bridgehead atoms. The van der Waals surface area contributed by atoms with Crippen LogP contribution in [0.2, 0.25) is 0 Å². The molecule has 0 aromatic carbocycles. The monoisotopic (exact) mass is 255 g/mol. The van der Waals surface area contributed by atoms with Crippen LogP contribution in [-0.4, -0.2) is 35.7 Å². The zero-order valence-electron chi connectivity index (χ0n) is 10.8. The third-order valence-corrected chi connectivity index (χ3v) is 4.24. The fourth-order valence-electron chi connectivity index (χ4n) is 2.87. The van der Waals surface area contributed by atoms with Crippen molar-refractivity contribution in [1.82, 2.24) is 5.32 Å². The highest BCUT2D eigenvalue weighted by molar-refractivity contribution is 5.83. The first-order chi connectivity index (χ1) is 8.54. The minimum atomic E-state index is -0.829. The second-order valence-corrected chi connectivity index (χ2v) is 5.53. The first-order valence-corrected chi connectivity index (χ1v) is 6.69. The van der Waals surface area contributed by atoms with Crippen molar-refractivity contribution in [1.29, 1.82) is 0 Å². The molecule has 18 heavy (non-hydrogen) atoms. The molecule has 1 aliphatic carbocycles. The van der Waals surface area contributed by atoms with Gasteiger partial charge in [0.25, 0.3) is 0 Å². The van der Waals surface area contributed by atoms with E-state index in [2.05, 4.69) is 5.32 Å². The number of hydrogen-bond acceptors (Lipinski definition) is 3. The van der Waals surface area contributed by atoms with E-state index in [1.807, 2.05) is 0 Å². The van der Waals surface area contributed by atoms with Crippen molar-refractivity contribution in [2.45, 2.75) is 57.6 Å². The van der Waals surface area contributed by atoms with E-state index >= 15 is 0 Å². The van der Waals surface area contributed by atoms with Crippen LogP contribution < -0.4 is 5.32 Å². The molecule has 3 unspecified atom stereocenters. The molecule has 0 radical (unpaired) electrons. The number of rotatable bonds is 3. The van der Waals surface area contributed by atoms with Gasteiger partial charge < -0.3 is 15.2 Å². The fourth-order valence-corrected chi connectivity index (χ4v) is 2.87. The van der Waals surface area contributed by atoms with Crippen LogP contribution in [0.5, 0.6) is 0 Å². The van der Waals surface area contributed by atoms with E-state index in [0.717, 1.165) is 32.1 Å². The van der Waals surface area contributed by atoms with Crippen molar-refractivity contribution >= 4 is 11.9 Å². The van der Waals surface area contributed by atoms with Gasteiger partial charge in [-0.3, -0.25) is 9.59 Å². The van der Waals surface area contributed by atoms with Crippen LogP contribution in [0.1, 0.15) is 45.4 Å². The Bertz CT molecular complexity index is 338. The molecular weight excluding hydrogens is 234 g/mol. The van der Waals surface area contributed by atoms with Crippen molar-refractivity contribution in [2.24, 2.45) is 5.41 Å². The molecule has 1 amide bonds. The van der Waals surface area contributed by atoms with Gasteiger partial charge in [-0.25, -0.2) is 0 Å². The number of carbonyl (C=O) groups excluding carboxylic acids is 1. The number of hydrogen-bond donors (Lipinski definition) is 2. The molecule has 0 aromatic rings. The van der Waals surface area contributed by atoms with Crippen LogP contribution in [0.3, 0.4) is 0 Å². The first kappa shape index (κ1) is 13.3. The van der Waals surface area contributed by atoms with E-state index in [-0.39, 0.29) is 11.9 Å². The van der Waals surface area contributed by atoms with E-state index in [1.54, 1.807) is 6.92 Å². The minimum Gasteiger partial charge on any atom is -0.481 e. The zero-order chi connectivity index (χ0) is 13.2. The summed E-state index contributed by atoms with van der Waals surface area (Å²) in [6, 6.07) is -0.270. The Balaban J connectivity index is 1.95. The van der Waals surface area contributed by atoms with Crippen molar-refractivity contribution in [3.05, 3.63) is 0 Å². The van der Waals surface area contributed by atoms with Gasteiger partial charge in [-0.1, -0.05) is 6.42 Å². The largest absolute Gasteiger partial charge is 0.481 e. The maximum Gasteiger partial charge on any atom is 0.311 e. The van der Waals surface area contributed by atoms with Crippen molar-refractivity contribution in [3.8, 4) is 0 Å². The molecule has 5 nitrogen and oxygen atoms in total. The number of nitrogens with one attached hydrogen (secondary N) is 1. The van der Waals surface area contributed by atoms with Gasteiger partial charge in [0.15, 0.2) is 0 Å². The molecule has 2 aliphatic rings. The SMILES string of the molecule is CC1(C(=O)O)CCCC1NC(=O)C1CCCCO1. The Kier molecular flexibility index (Phi) is 3.90. The summed E-state index contributed by atoms with van der Waals surface area (Å²) in [5, 5.41) is 12.2. The number of amides is 1. The molecule has 2 fully saturated rings. The fraction of sp³-hybridized carbons (Fsp3) is 0.846. The predicted molar refractivity (Wildman–Crippen MR) is 65.1 cm³/mol. The second kappa shape index (κ2) is 5.26. The van der Waals surface area contributed by atoms with Crippen LogP contribution in [0, 0.1) is 5.41 Å². The van der Waals surface area contributed by atoms with Crippen LogP contribution >= 0.6 is 0 Å². The smallest absolute Gasteiger partial charge is 0.311 e. The summed E-state index contributed by atoms with van der Waals surface area (Å²) in [6.07, 6.45) is 4.55. The third kappa shape index (κ3) is 2.51. The Hall–Kier alpha value is -1.10. The van der Waals surface area contributed by atoms with Gasteiger partial charge in [0.1, 0.15) is 6.10 Å². The van der Waals surface area contributed by atoms with Crippen molar-refractivity contribution in [2.75, 3.05) is 6.61 Å². The Morgan fingerprint density at radius 1 is 1.28 bits per heavy atom. The first-order valence-electron chi connectivity index (χ1n) is 6.69. The summed E-state index contributed by atoms with van der Waals surface area (Å²) in [7, 11) is 0. The van der Waals surface area contributed by atoms with Crippen LogP contribution in [0.4, 0.5) is 0 Å².